The third-order valence-electron chi connectivity index (χ3n) is 2.95. The molecule has 6 heteroatoms. The van der Waals surface area contributed by atoms with E-state index < -0.39 is 0 Å². The van der Waals surface area contributed by atoms with E-state index in [0.717, 1.165) is 12.1 Å². The Morgan fingerprint density at radius 3 is 2.64 bits per heavy atom. The summed E-state index contributed by atoms with van der Waals surface area (Å²) in [6.07, 6.45) is 4.07. The third-order valence-corrected chi connectivity index (χ3v) is 3.24. The number of halogens is 1. The Bertz CT molecular complexity index is 780. The summed E-state index contributed by atoms with van der Waals surface area (Å²) in [6.45, 7) is 2.02. The van der Waals surface area contributed by atoms with Crippen molar-refractivity contribution in [3.63, 3.8) is 0 Å². The van der Waals surface area contributed by atoms with Gasteiger partial charge in [-0.1, -0.05) is 24.6 Å². The molecule has 0 aliphatic carbocycles. The molecule has 3 heterocycles. The van der Waals surface area contributed by atoms with Crippen molar-refractivity contribution in [2.75, 3.05) is 0 Å². The van der Waals surface area contributed by atoms with E-state index in [9.17, 15) is 0 Å². The molecule has 110 valence electrons. The Kier molecular flexibility index (Phi) is 4.25. The summed E-state index contributed by atoms with van der Waals surface area (Å²) < 4.78 is 5.74. The van der Waals surface area contributed by atoms with Crippen LogP contribution >= 0.6 is 11.6 Å². The highest BCUT2D eigenvalue weighted by Gasteiger charge is 2.10. The van der Waals surface area contributed by atoms with Crippen molar-refractivity contribution in [1.82, 2.24) is 19.9 Å². The second kappa shape index (κ2) is 6.49. The lowest BCUT2D eigenvalue weighted by atomic mass is 10.3. The number of aryl methyl sites for hydroxylation is 1. The monoisotopic (exact) mass is 312 g/mol. The molecule has 0 amide bonds. The van der Waals surface area contributed by atoms with Crippen LogP contribution in [0.4, 0.5) is 0 Å². The molecule has 0 atom stereocenters. The van der Waals surface area contributed by atoms with E-state index in [1.807, 2.05) is 25.1 Å². The Hall–Kier alpha value is -2.53. The number of pyridine rings is 2. The Balaban J connectivity index is 2.00. The van der Waals surface area contributed by atoms with Crippen LogP contribution in [0.3, 0.4) is 0 Å². The minimum atomic E-state index is 0.290. The smallest absolute Gasteiger partial charge is 0.223 e. The van der Waals surface area contributed by atoms with Gasteiger partial charge in [-0.3, -0.25) is 4.98 Å². The molecule has 3 aromatic rings. The SMILES string of the molecule is CCc1cc(Oc2cccnc2Cl)nc(-c2ccccn2)n1. The summed E-state index contributed by atoms with van der Waals surface area (Å²) in [7, 11) is 0. The molecule has 22 heavy (non-hydrogen) atoms. The van der Waals surface area contributed by atoms with Crippen molar-refractivity contribution in [2.24, 2.45) is 0 Å². The first-order chi connectivity index (χ1) is 10.8. The first-order valence-corrected chi connectivity index (χ1v) is 7.22. The van der Waals surface area contributed by atoms with Crippen LogP contribution in [0.1, 0.15) is 12.6 Å². The van der Waals surface area contributed by atoms with E-state index in [1.165, 1.54) is 0 Å². The zero-order valence-electron chi connectivity index (χ0n) is 11.9. The third kappa shape index (κ3) is 3.20. The molecule has 3 rings (SSSR count). The first-order valence-electron chi connectivity index (χ1n) is 6.84. The fourth-order valence-corrected chi connectivity index (χ4v) is 2.03. The maximum Gasteiger partial charge on any atom is 0.223 e. The number of nitrogens with zero attached hydrogens (tertiary/aromatic N) is 4. The van der Waals surface area contributed by atoms with Gasteiger partial charge in [0.05, 0.1) is 0 Å². The first kappa shape index (κ1) is 14.4. The molecule has 0 radical (unpaired) electrons. The van der Waals surface area contributed by atoms with Crippen LogP contribution in [-0.2, 0) is 6.42 Å². The molecule has 0 saturated carbocycles. The van der Waals surface area contributed by atoms with Crippen molar-refractivity contribution in [1.29, 1.82) is 0 Å². The topological polar surface area (TPSA) is 60.8 Å². The number of rotatable bonds is 4. The maximum absolute atomic E-state index is 6.01. The van der Waals surface area contributed by atoms with Crippen molar-refractivity contribution >= 4 is 11.6 Å². The van der Waals surface area contributed by atoms with Gasteiger partial charge in [-0.25, -0.2) is 9.97 Å². The average Bonchev–Trinajstić information content (AvgIpc) is 2.57. The number of hydrogen-bond donors (Lipinski definition) is 0. The lowest BCUT2D eigenvalue weighted by Crippen LogP contribution is -1.99. The molecule has 0 bridgehead atoms. The normalized spacial score (nSPS) is 10.5. The van der Waals surface area contributed by atoms with Gasteiger partial charge in [0.1, 0.15) is 5.69 Å². The van der Waals surface area contributed by atoms with Crippen molar-refractivity contribution < 1.29 is 4.74 Å². The molecule has 0 aromatic carbocycles. The van der Waals surface area contributed by atoms with E-state index in [0.29, 0.717) is 28.3 Å². The van der Waals surface area contributed by atoms with Gasteiger partial charge in [-0.2, -0.15) is 4.98 Å². The van der Waals surface area contributed by atoms with Crippen LogP contribution in [0, 0.1) is 0 Å². The predicted octanol–water partition coefficient (Wildman–Crippen LogP) is 3.94. The number of aromatic nitrogens is 4. The lowest BCUT2D eigenvalue weighted by molar-refractivity contribution is 0.459. The summed E-state index contributed by atoms with van der Waals surface area (Å²) in [5.74, 6) is 1.40. The van der Waals surface area contributed by atoms with Crippen LogP contribution in [0.25, 0.3) is 11.5 Å². The largest absolute Gasteiger partial charge is 0.436 e. The Labute approximate surface area is 133 Å². The highest BCUT2D eigenvalue weighted by molar-refractivity contribution is 6.30. The van der Waals surface area contributed by atoms with Gasteiger partial charge in [0, 0.05) is 24.2 Å². The zero-order valence-corrected chi connectivity index (χ0v) is 12.7. The summed E-state index contributed by atoms with van der Waals surface area (Å²) in [5.41, 5.74) is 1.56. The summed E-state index contributed by atoms with van der Waals surface area (Å²) in [4.78, 5) is 17.1. The van der Waals surface area contributed by atoms with E-state index in [1.54, 1.807) is 30.6 Å². The molecule has 0 aliphatic heterocycles. The van der Waals surface area contributed by atoms with Crippen LogP contribution in [0.2, 0.25) is 5.15 Å². The van der Waals surface area contributed by atoms with E-state index >= 15 is 0 Å². The van der Waals surface area contributed by atoms with Crippen molar-refractivity contribution in [3.05, 3.63) is 59.6 Å². The molecular weight excluding hydrogens is 300 g/mol. The van der Waals surface area contributed by atoms with Gasteiger partial charge in [-0.15, -0.1) is 0 Å². The highest BCUT2D eigenvalue weighted by Crippen LogP contribution is 2.27. The quantitative estimate of drug-likeness (QED) is 0.683. The van der Waals surface area contributed by atoms with Crippen LogP contribution in [0.5, 0.6) is 11.6 Å². The zero-order chi connectivity index (χ0) is 15.4. The summed E-state index contributed by atoms with van der Waals surface area (Å²) >= 11 is 6.01. The molecular formula is C16H13ClN4O. The van der Waals surface area contributed by atoms with Gasteiger partial charge >= 0.3 is 0 Å². The van der Waals surface area contributed by atoms with Gasteiger partial charge in [0.25, 0.3) is 0 Å². The predicted molar refractivity (Wildman–Crippen MR) is 84.0 cm³/mol. The molecule has 0 unspecified atom stereocenters. The molecule has 0 saturated heterocycles. The fourth-order valence-electron chi connectivity index (χ4n) is 1.88. The fraction of sp³-hybridized carbons (Fsp3) is 0.125. The van der Waals surface area contributed by atoms with Crippen LogP contribution in [-0.4, -0.2) is 19.9 Å². The van der Waals surface area contributed by atoms with E-state index in [-0.39, 0.29) is 0 Å². The Morgan fingerprint density at radius 1 is 1.05 bits per heavy atom. The average molecular weight is 313 g/mol. The van der Waals surface area contributed by atoms with Crippen LogP contribution < -0.4 is 4.74 Å². The molecule has 0 aliphatic rings. The Morgan fingerprint density at radius 2 is 1.91 bits per heavy atom. The van der Waals surface area contributed by atoms with Gasteiger partial charge in [0.15, 0.2) is 16.7 Å². The minimum absolute atomic E-state index is 0.290. The van der Waals surface area contributed by atoms with E-state index in [2.05, 4.69) is 19.9 Å². The molecule has 0 spiro atoms. The van der Waals surface area contributed by atoms with E-state index in [4.69, 9.17) is 16.3 Å². The molecule has 3 aromatic heterocycles. The summed E-state index contributed by atoms with van der Waals surface area (Å²) in [5, 5.41) is 0.290. The molecule has 0 N–H and O–H groups in total. The van der Waals surface area contributed by atoms with Gasteiger partial charge < -0.3 is 4.74 Å². The summed E-state index contributed by atoms with van der Waals surface area (Å²) in [6, 6.07) is 10.9. The van der Waals surface area contributed by atoms with Crippen LogP contribution in [0.15, 0.2) is 48.8 Å². The minimum Gasteiger partial charge on any atom is -0.436 e. The van der Waals surface area contributed by atoms with Crippen molar-refractivity contribution in [3.8, 4) is 23.1 Å². The maximum atomic E-state index is 6.01. The lowest BCUT2D eigenvalue weighted by Gasteiger charge is -2.09. The molecule has 0 fully saturated rings. The number of ether oxygens (including phenoxy) is 1. The second-order valence-corrected chi connectivity index (χ2v) is 4.84. The second-order valence-electron chi connectivity index (χ2n) is 4.48. The number of hydrogen-bond acceptors (Lipinski definition) is 5. The van der Waals surface area contributed by atoms with Crippen molar-refractivity contribution in [2.45, 2.75) is 13.3 Å². The van der Waals surface area contributed by atoms with Gasteiger partial charge in [-0.05, 0) is 30.7 Å². The highest BCUT2D eigenvalue weighted by atomic mass is 35.5. The standard InChI is InChI=1S/C16H13ClN4O/c1-2-11-10-14(22-13-7-5-9-19-15(13)17)21-16(20-11)12-6-3-4-8-18-12/h3-10H,2H2,1H3. The van der Waals surface area contributed by atoms with Gasteiger partial charge in [0.2, 0.25) is 5.88 Å². The molecule has 5 nitrogen and oxygen atoms in total.